The average Bonchev–Trinajstić information content (AvgIpc) is 2.46. The number of halogens is 1. The van der Waals surface area contributed by atoms with Crippen LogP contribution in [0.15, 0.2) is 18.2 Å². The van der Waals surface area contributed by atoms with E-state index in [1.54, 1.807) is 6.07 Å². The van der Waals surface area contributed by atoms with Crippen molar-refractivity contribution in [3.05, 3.63) is 29.6 Å². The number of hydrogen-bond acceptors (Lipinski definition) is 2. The van der Waals surface area contributed by atoms with E-state index in [1.165, 1.54) is 44.6 Å². The standard InChI is InChI=1S/C17H28FNO/c1-2-3-4-5-6-7-8-9-13-20-17-15(14-19)11-10-12-16(17)18/h10-12H,2-9,13-14,19H2,1H3. The van der Waals surface area contributed by atoms with Crippen molar-refractivity contribution in [3.63, 3.8) is 0 Å². The molecule has 0 spiro atoms. The summed E-state index contributed by atoms with van der Waals surface area (Å²) < 4.78 is 19.2. The summed E-state index contributed by atoms with van der Waals surface area (Å²) >= 11 is 0. The summed E-state index contributed by atoms with van der Waals surface area (Å²) in [6.45, 7) is 3.11. The van der Waals surface area contributed by atoms with Crippen molar-refractivity contribution >= 4 is 0 Å². The molecule has 1 aromatic rings. The van der Waals surface area contributed by atoms with E-state index in [0.29, 0.717) is 18.9 Å². The summed E-state index contributed by atoms with van der Waals surface area (Å²) in [6, 6.07) is 4.90. The van der Waals surface area contributed by atoms with Crippen molar-refractivity contribution in [1.29, 1.82) is 0 Å². The van der Waals surface area contributed by atoms with Crippen molar-refractivity contribution in [1.82, 2.24) is 0 Å². The second-order valence-corrected chi connectivity index (χ2v) is 5.26. The minimum atomic E-state index is -0.312. The molecule has 3 heteroatoms. The third kappa shape index (κ3) is 6.38. The summed E-state index contributed by atoms with van der Waals surface area (Å²) in [6.07, 6.45) is 9.99. The zero-order valence-electron chi connectivity index (χ0n) is 12.7. The molecule has 0 heterocycles. The Morgan fingerprint density at radius 3 is 2.30 bits per heavy atom. The molecular weight excluding hydrogens is 253 g/mol. The number of para-hydroxylation sites is 1. The van der Waals surface area contributed by atoms with Gasteiger partial charge in [0.2, 0.25) is 0 Å². The maximum Gasteiger partial charge on any atom is 0.165 e. The largest absolute Gasteiger partial charge is 0.490 e. The van der Waals surface area contributed by atoms with E-state index in [2.05, 4.69) is 6.92 Å². The van der Waals surface area contributed by atoms with E-state index < -0.39 is 0 Å². The van der Waals surface area contributed by atoms with Crippen LogP contribution in [-0.4, -0.2) is 6.61 Å². The number of unbranched alkanes of at least 4 members (excludes halogenated alkanes) is 7. The van der Waals surface area contributed by atoms with Gasteiger partial charge in [0.25, 0.3) is 0 Å². The lowest BCUT2D eigenvalue weighted by atomic mass is 10.1. The third-order valence-corrected chi connectivity index (χ3v) is 3.51. The summed E-state index contributed by atoms with van der Waals surface area (Å²) in [7, 11) is 0. The second kappa shape index (κ2) is 10.7. The van der Waals surface area contributed by atoms with Crippen molar-refractivity contribution < 1.29 is 9.13 Å². The monoisotopic (exact) mass is 281 g/mol. The van der Waals surface area contributed by atoms with Gasteiger partial charge in [-0.15, -0.1) is 0 Å². The zero-order valence-corrected chi connectivity index (χ0v) is 12.7. The highest BCUT2D eigenvalue weighted by Gasteiger charge is 2.07. The van der Waals surface area contributed by atoms with Gasteiger partial charge >= 0.3 is 0 Å². The van der Waals surface area contributed by atoms with Gasteiger partial charge in [0, 0.05) is 12.1 Å². The van der Waals surface area contributed by atoms with Gasteiger partial charge in [-0.05, 0) is 12.5 Å². The number of nitrogens with two attached hydrogens (primary N) is 1. The summed E-state index contributed by atoms with van der Waals surface area (Å²) in [5, 5.41) is 0. The van der Waals surface area contributed by atoms with Gasteiger partial charge in [-0.3, -0.25) is 0 Å². The van der Waals surface area contributed by atoms with Gasteiger partial charge in [-0.1, -0.05) is 64.0 Å². The minimum absolute atomic E-state index is 0.310. The number of rotatable bonds is 11. The van der Waals surface area contributed by atoms with E-state index in [-0.39, 0.29) is 5.82 Å². The van der Waals surface area contributed by atoms with E-state index in [0.717, 1.165) is 18.4 Å². The Labute approximate surface area is 122 Å². The van der Waals surface area contributed by atoms with Crippen LogP contribution in [0.2, 0.25) is 0 Å². The fourth-order valence-corrected chi connectivity index (χ4v) is 2.29. The van der Waals surface area contributed by atoms with Gasteiger partial charge in [0.15, 0.2) is 11.6 Å². The molecule has 1 aromatic carbocycles. The first-order chi connectivity index (χ1) is 9.79. The molecule has 2 N–H and O–H groups in total. The molecule has 0 amide bonds. The maximum atomic E-state index is 13.6. The Balaban J connectivity index is 2.12. The van der Waals surface area contributed by atoms with Gasteiger partial charge in [-0.25, -0.2) is 4.39 Å². The predicted octanol–water partition coefficient (Wildman–Crippen LogP) is 4.80. The third-order valence-electron chi connectivity index (χ3n) is 3.51. The molecule has 0 atom stereocenters. The summed E-state index contributed by atoms with van der Waals surface area (Å²) in [4.78, 5) is 0. The lowest BCUT2D eigenvalue weighted by Gasteiger charge is -2.11. The topological polar surface area (TPSA) is 35.2 Å². The quantitative estimate of drug-likeness (QED) is 0.591. The number of benzene rings is 1. The molecule has 0 unspecified atom stereocenters. The molecule has 114 valence electrons. The van der Waals surface area contributed by atoms with E-state index in [4.69, 9.17) is 10.5 Å². The molecule has 0 aliphatic rings. The van der Waals surface area contributed by atoms with Crippen LogP contribution in [0.3, 0.4) is 0 Å². The van der Waals surface area contributed by atoms with Crippen LogP contribution in [0.25, 0.3) is 0 Å². The van der Waals surface area contributed by atoms with Crippen LogP contribution in [0, 0.1) is 5.82 Å². The van der Waals surface area contributed by atoms with E-state index in [9.17, 15) is 4.39 Å². The molecular formula is C17H28FNO. The molecule has 0 aliphatic heterocycles. The molecule has 0 bridgehead atoms. The van der Waals surface area contributed by atoms with Crippen LogP contribution < -0.4 is 10.5 Å². The maximum absolute atomic E-state index is 13.6. The molecule has 20 heavy (non-hydrogen) atoms. The zero-order chi connectivity index (χ0) is 14.6. The van der Waals surface area contributed by atoms with E-state index >= 15 is 0 Å². The molecule has 1 rings (SSSR count). The van der Waals surface area contributed by atoms with E-state index in [1.807, 2.05) is 6.07 Å². The van der Waals surface area contributed by atoms with Crippen LogP contribution in [0.5, 0.6) is 5.75 Å². The van der Waals surface area contributed by atoms with Crippen LogP contribution >= 0.6 is 0 Å². The lowest BCUT2D eigenvalue weighted by Crippen LogP contribution is -2.05. The lowest BCUT2D eigenvalue weighted by molar-refractivity contribution is 0.287. The van der Waals surface area contributed by atoms with Gasteiger partial charge in [0.1, 0.15) is 0 Å². The Hall–Kier alpha value is -1.09. The van der Waals surface area contributed by atoms with Crippen molar-refractivity contribution in [2.45, 2.75) is 64.8 Å². The predicted molar refractivity (Wildman–Crippen MR) is 82.4 cm³/mol. The van der Waals surface area contributed by atoms with Gasteiger partial charge in [-0.2, -0.15) is 0 Å². The Kier molecular flexibility index (Phi) is 9.05. The fraction of sp³-hybridized carbons (Fsp3) is 0.647. The normalized spacial score (nSPS) is 10.8. The van der Waals surface area contributed by atoms with Crippen LogP contribution in [0.1, 0.15) is 63.9 Å². The van der Waals surface area contributed by atoms with Crippen molar-refractivity contribution in [3.8, 4) is 5.75 Å². The first-order valence-electron chi connectivity index (χ1n) is 7.89. The Morgan fingerprint density at radius 1 is 1.00 bits per heavy atom. The summed E-state index contributed by atoms with van der Waals surface area (Å²) in [5.74, 6) is 0.0189. The molecule has 0 radical (unpaired) electrons. The molecule has 2 nitrogen and oxygen atoms in total. The average molecular weight is 281 g/mol. The SMILES string of the molecule is CCCCCCCCCCOc1c(F)cccc1CN. The summed E-state index contributed by atoms with van der Waals surface area (Å²) in [5.41, 5.74) is 6.32. The minimum Gasteiger partial charge on any atom is -0.490 e. The van der Waals surface area contributed by atoms with Crippen LogP contribution in [0.4, 0.5) is 4.39 Å². The first kappa shape index (κ1) is 17.0. The molecule has 0 saturated carbocycles. The molecule has 0 fully saturated rings. The van der Waals surface area contributed by atoms with Crippen LogP contribution in [-0.2, 0) is 6.54 Å². The Morgan fingerprint density at radius 2 is 1.65 bits per heavy atom. The highest BCUT2D eigenvalue weighted by atomic mass is 19.1. The molecule has 0 aromatic heterocycles. The van der Waals surface area contributed by atoms with Crippen molar-refractivity contribution in [2.75, 3.05) is 6.61 Å². The number of hydrogen-bond donors (Lipinski definition) is 1. The molecule has 0 aliphatic carbocycles. The van der Waals surface area contributed by atoms with Crippen molar-refractivity contribution in [2.24, 2.45) is 5.73 Å². The highest BCUT2D eigenvalue weighted by molar-refractivity contribution is 5.34. The molecule has 0 saturated heterocycles. The Bertz CT molecular complexity index is 368. The van der Waals surface area contributed by atoms with Gasteiger partial charge in [0.05, 0.1) is 6.61 Å². The smallest absolute Gasteiger partial charge is 0.165 e. The number of ether oxygens (including phenoxy) is 1. The second-order valence-electron chi connectivity index (χ2n) is 5.26. The fourth-order valence-electron chi connectivity index (χ4n) is 2.29. The van der Waals surface area contributed by atoms with Gasteiger partial charge < -0.3 is 10.5 Å². The first-order valence-corrected chi connectivity index (χ1v) is 7.89. The highest BCUT2D eigenvalue weighted by Crippen LogP contribution is 2.22.